The summed E-state index contributed by atoms with van der Waals surface area (Å²) < 4.78 is 43.1. The molecule has 2 aromatic rings. The van der Waals surface area contributed by atoms with Crippen molar-refractivity contribution in [2.75, 3.05) is 12.0 Å². The van der Waals surface area contributed by atoms with Gasteiger partial charge in [0.25, 0.3) is 0 Å². The van der Waals surface area contributed by atoms with Gasteiger partial charge in [-0.3, -0.25) is 0 Å². The van der Waals surface area contributed by atoms with Crippen LogP contribution in [0.2, 0.25) is 0 Å². The zero-order chi connectivity index (χ0) is 14.8. The van der Waals surface area contributed by atoms with Gasteiger partial charge in [0.15, 0.2) is 0 Å². The maximum absolute atomic E-state index is 12.6. The third-order valence-electron chi connectivity index (χ3n) is 2.26. The molecule has 20 heavy (non-hydrogen) atoms. The predicted octanol–water partition coefficient (Wildman–Crippen LogP) is 3.59. The molecule has 0 fully saturated rings. The third-order valence-corrected chi connectivity index (χ3v) is 3.04. The lowest BCUT2D eigenvalue weighted by Crippen LogP contribution is -2.12. The third kappa shape index (κ3) is 3.32. The zero-order valence-electron chi connectivity index (χ0n) is 10.3. The number of nitrogen functional groups attached to an aromatic ring is 1. The molecule has 0 bridgehead atoms. The van der Waals surface area contributed by atoms with Gasteiger partial charge in [-0.2, -0.15) is 18.2 Å². The molecule has 0 saturated heterocycles. The second-order valence-electron chi connectivity index (χ2n) is 3.71. The minimum atomic E-state index is -4.67. The van der Waals surface area contributed by atoms with Crippen LogP contribution in [0.3, 0.4) is 0 Å². The summed E-state index contributed by atoms with van der Waals surface area (Å²) in [5.74, 6) is -1.46. The summed E-state index contributed by atoms with van der Waals surface area (Å²) >= 11 is 1.41. The number of thioether (sulfide) groups is 1. The SMILES string of the molecule is CSc1ccccc1Oc1cc(N)nc(C(F)(F)F)n1. The maximum atomic E-state index is 12.6. The van der Waals surface area contributed by atoms with Crippen LogP contribution in [-0.2, 0) is 6.18 Å². The molecule has 0 saturated carbocycles. The first kappa shape index (κ1) is 14.4. The van der Waals surface area contributed by atoms with E-state index in [-0.39, 0.29) is 11.7 Å². The van der Waals surface area contributed by atoms with E-state index in [4.69, 9.17) is 10.5 Å². The number of para-hydroxylation sites is 1. The molecule has 1 aromatic heterocycles. The molecule has 2 N–H and O–H groups in total. The Balaban J connectivity index is 2.36. The van der Waals surface area contributed by atoms with E-state index in [0.717, 1.165) is 11.0 Å². The molecule has 0 amide bonds. The first-order valence-corrected chi connectivity index (χ1v) is 6.65. The van der Waals surface area contributed by atoms with Crippen LogP contribution in [0.25, 0.3) is 0 Å². The molecule has 4 nitrogen and oxygen atoms in total. The Bertz CT molecular complexity index is 619. The molecule has 106 valence electrons. The second kappa shape index (κ2) is 5.58. The van der Waals surface area contributed by atoms with Crippen LogP contribution in [0, 0.1) is 0 Å². The number of nitrogens with two attached hydrogens (primary N) is 1. The molecule has 1 aromatic carbocycles. The van der Waals surface area contributed by atoms with Crippen molar-refractivity contribution in [1.29, 1.82) is 0 Å². The van der Waals surface area contributed by atoms with Crippen LogP contribution in [0.4, 0.5) is 19.0 Å². The van der Waals surface area contributed by atoms with Gasteiger partial charge in [-0.1, -0.05) is 12.1 Å². The number of halogens is 3. The van der Waals surface area contributed by atoms with E-state index in [0.29, 0.717) is 5.75 Å². The Kier molecular flexibility index (Phi) is 4.03. The molecule has 0 unspecified atom stereocenters. The number of benzene rings is 1. The molecule has 0 spiro atoms. The summed E-state index contributed by atoms with van der Waals surface area (Å²) in [5.41, 5.74) is 5.34. The number of aromatic nitrogens is 2. The number of anilines is 1. The number of hydrogen-bond acceptors (Lipinski definition) is 5. The highest BCUT2D eigenvalue weighted by atomic mass is 32.2. The molecule has 0 aliphatic heterocycles. The van der Waals surface area contributed by atoms with Gasteiger partial charge in [-0.25, -0.2) is 4.98 Å². The number of rotatable bonds is 3. The van der Waals surface area contributed by atoms with E-state index in [1.54, 1.807) is 24.3 Å². The lowest BCUT2D eigenvalue weighted by Gasteiger charge is -2.11. The van der Waals surface area contributed by atoms with Gasteiger partial charge in [0.1, 0.15) is 11.6 Å². The Morgan fingerprint density at radius 3 is 2.55 bits per heavy atom. The van der Waals surface area contributed by atoms with Crippen molar-refractivity contribution in [3.63, 3.8) is 0 Å². The van der Waals surface area contributed by atoms with E-state index in [9.17, 15) is 13.2 Å². The molecular formula is C12H10F3N3OS. The van der Waals surface area contributed by atoms with E-state index in [1.165, 1.54) is 11.8 Å². The smallest absolute Gasteiger partial charge is 0.438 e. The molecule has 0 atom stereocenters. The van der Waals surface area contributed by atoms with Gasteiger partial charge in [0, 0.05) is 11.0 Å². The Labute approximate surface area is 117 Å². The first-order valence-electron chi connectivity index (χ1n) is 5.43. The van der Waals surface area contributed by atoms with Gasteiger partial charge >= 0.3 is 6.18 Å². The number of alkyl halides is 3. The van der Waals surface area contributed by atoms with Crippen LogP contribution < -0.4 is 10.5 Å². The quantitative estimate of drug-likeness (QED) is 0.878. The average molecular weight is 301 g/mol. The molecule has 0 aliphatic rings. The summed E-state index contributed by atoms with van der Waals surface area (Å²) in [5, 5.41) is 0. The van der Waals surface area contributed by atoms with Crippen molar-refractivity contribution in [3.8, 4) is 11.6 Å². The van der Waals surface area contributed by atoms with E-state index < -0.39 is 12.0 Å². The summed E-state index contributed by atoms with van der Waals surface area (Å²) in [4.78, 5) is 7.25. The van der Waals surface area contributed by atoms with Crippen LogP contribution in [0.15, 0.2) is 35.2 Å². The lowest BCUT2D eigenvalue weighted by molar-refractivity contribution is -0.145. The van der Waals surface area contributed by atoms with Gasteiger partial charge < -0.3 is 10.5 Å². The fraction of sp³-hybridized carbons (Fsp3) is 0.167. The Morgan fingerprint density at radius 2 is 1.90 bits per heavy atom. The van der Waals surface area contributed by atoms with Gasteiger partial charge in [0.05, 0.1) is 0 Å². The van der Waals surface area contributed by atoms with Crippen LogP contribution in [-0.4, -0.2) is 16.2 Å². The number of ether oxygens (including phenoxy) is 1. The first-order chi connectivity index (χ1) is 9.40. The second-order valence-corrected chi connectivity index (χ2v) is 4.55. The normalized spacial score (nSPS) is 11.4. The fourth-order valence-electron chi connectivity index (χ4n) is 1.44. The maximum Gasteiger partial charge on any atom is 0.451 e. The Morgan fingerprint density at radius 1 is 1.20 bits per heavy atom. The van der Waals surface area contributed by atoms with Crippen LogP contribution in [0.1, 0.15) is 5.82 Å². The van der Waals surface area contributed by atoms with Crippen molar-refractivity contribution in [3.05, 3.63) is 36.2 Å². The number of hydrogen-bond donors (Lipinski definition) is 1. The van der Waals surface area contributed by atoms with E-state index in [2.05, 4.69) is 9.97 Å². The highest BCUT2D eigenvalue weighted by molar-refractivity contribution is 7.98. The predicted molar refractivity (Wildman–Crippen MR) is 69.7 cm³/mol. The molecule has 0 aliphatic carbocycles. The van der Waals surface area contributed by atoms with Crippen molar-refractivity contribution in [2.24, 2.45) is 0 Å². The van der Waals surface area contributed by atoms with E-state index in [1.807, 2.05) is 6.26 Å². The van der Waals surface area contributed by atoms with Crippen LogP contribution >= 0.6 is 11.8 Å². The molecular weight excluding hydrogens is 291 g/mol. The molecule has 0 radical (unpaired) electrons. The zero-order valence-corrected chi connectivity index (χ0v) is 11.1. The van der Waals surface area contributed by atoms with E-state index >= 15 is 0 Å². The topological polar surface area (TPSA) is 61.0 Å². The minimum Gasteiger partial charge on any atom is -0.438 e. The summed E-state index contributed by atoms with van der Waals surface area (Å²) in [6, 6.07) is 8.08. The highest BCUT2D eigenvalue weighted by Gasteiger charge is 2.35. The van der Waals surface area contributed by atoms with Crippen molar-refractivity contribution >= 4 is 17.6 Å². The molecule has 8 heteroatoms. The summed E-state index contributed by atoms with van der Waals surface area (Å²) in [7, 11) is 0. The average Bonchev–Trinajstić information content (AvgIpc) is 2.37. The van der Waals surface area contributed by atoms with Gasteiger partial charge in [-0.15, -0.1) is 11.8 Å². The standard InChI is InChI=1S/C12H10F3N3OS/c1-20-8-5-3-2-4-7(8)19-10-6-9(16)17-11(18-10)12(13,14)15/h2-6H,1H3,(H2,16,17,18). The minimum absolute atomic E-state index is 0.244. The molecule has 1 heterocycles. The highest BCUT2D eigenvalue weighted by Crippen LogP contribution is 2.33. The Hall–Kier alpha value is -1.96. The van der Waals surface area contributed by atoms with Crippen LogP contribution in [0.5, 0.6) is 11.6 Å². The molecule has 2 rings (SSSR count). The van der Waals surface area contributed by atoms with Crippen molar-refractivity contribution in [2.45, 2.75) is 11.1 Å². The largest absolute Gasteiger partial charge is 0.451 e. The fourth-order valence-corrected chi connectivity index (χ4v) is 1.96. The van der Waals surface area contributed by atoms with Gasteiger partial charge in [0.2, 0.25) is 11.7 Å². The summed E-state index contributed by atoms with van der Waals surface area (Å²) in [6.45, 7) is 0. The van der Waals surface area contributed by atoms with Crippen molar-refractivity contribution in [1.82, 2.24) is 9.97 Å². The summed E-state index contributed by atoms with van der Waals surface area (Å²) in [6.07, 6.45) is -2.84. The van der Waals surface area contributed by atoms with Gasteiger partial charge in [-0.05, 0) is 18.4 Å². The lowest BCUT2D eigenvalue weighted by atomic mass is 10.3. The monoisotopic (exact) mass is 301 g/mol. The number of nitrogens with zero attached hydrogens (tertiary/aromatic N) is 2. The van der Waals surface area contributed by atoms with Crippen molar-refractivity contribution < 1.29 is 17.9 Å².